The maximum Gasteiger partial charge on any atom is 0.270 e. The van der Waals surface area contributed by atoms with Crippen molar-refractivity contribution in [2.75, 3.05) is 0 Å². The fourth-order valence-electron chi connectivity index (χ4n) is 0.817. The maximum atomic E-state index is 8.30. The van der Waals surface area contributed by atoms with E-state index in [0.717, 1.165) is 12.8 Å². The van der Waals surface area contributed by atoms with Crippen LogP contribution in [0.1, 0.15) is 19.3 Å². The summed E-state index contributed by atoms with van der Waals surface area (Å²) in [5.74, 6) is -0.0744. The van der Waals surface area contributed by atoms with Gasteiger partial charge >= 0.3 is 0 Å². The molecule has 8 heavy (non-hydrogen) atoms. The topological polar surface area (TPSA) is 40.5 Å². The van der Waals surface area contributed by atoms with Gasteiger partial charge in [-0.2, -0.15) is 0 Å². The van der Waals surface area contributed by atoms with Gasteiger partial charge in [-0.25, -0.2) is 0 Å². The first-order chi connectivity index (χ1) is 3.79. The molecule has 1 rings (SSSR count). The number of aliphatic hydroxyl groups excluding tert-OH is 1. The smallest absolute Gasteiger partial charge is 0.270 e. The minimum absolute atomic E-state index is 0.444. The molecule has 2 N–H and O–H groups in total. The van der Waals surface area contributed by atoms with Crippen molar-refractivity contribution in [2.24, 2.45) is 5.92 Å². The first-order valence-corrected chi connectivity index (χ1v) is 2.89. The summed E-state index contributed by atoms with van der Waals surface area (Å²) in [4.78, 5) is 0. The van der Waals surface area contributed by atoms with Gasteiger partial charge in [-0.15, -0.1) is 0 Å². The molecule has 0 amide bonds. The van der Waals surface area contributed by atoms with Gasteiger partial charge in [0, 0.05) is 0 Å². The molecule has 0 bridgehead atoms. The van der Waals surface area contributed by atoms with Crippen molar-refractivity contribution in [3.8, 4) is 0 Å². The maximum absolute atomic E-state index is 8.30. The molecule has 1 aliphatic rings. The van der Waals surface area contributed by atoms with Crippen LogP contribution in [0.2, 0.25) is 0 Å². The Kier molecular flexibility index (Phi) is 1.42. The van der Waals surface area contributed by atoms with E-state index in [4.69, 9.17) is 10.2 Å². The Morgan fingerprint density at radius 2 is 2.00 bits per heavy atom. The fourth-order valence-corrected chi connectivity index (χ4v) is 0.817. The van der Waals surface area contributed by atoms with E-state index >= 15 is 0 Å². The van der Waals surface area contributed by atoms with E-state index in [1.54, 1.807) is 0 Å². The van der Waals surface area contributed by atoms with E-state index in [1.807, 2.05) is 0 Å². The Balaban J connectivity index is 2.27. The van der Waals surface area contributed by atoms with Gasteiger partial charge in [-0.3, -0.25) is 0 Å². The van der Waals surface area contributed by atoms with Gasteiger partial charge in [0.25, 0.3) is 5.95 Å². The van der Waals surface area contributed by atoms with Crippen LogP contribution < -0.4 is 0 Å². The molecule has 0 radical (unpaired) electrons. The highest BCUT2D eigenvalue weighted by molar-refractivity contribution is 4.91. The van der Waals surface area contributed by atoms with Crippen LogP contribution in [0.5, 0.6) is 0 Å². The van der Waals surface area contributed by atoms with Crippen LogP contribution >= 0.6 is 0 Å². The minimum atomic E-state index is -0.519. The summed E-state index contributed by atoms with van der Waals surface area (Å²) in [5, 5.41) is 16.6. The highest BCUT2D eigenvalue weighted by Gasteiger charge is 2.14. The summed E-state index contributed by atoms with van der Waals surface area (Å²) in [5.41, 5.74) is 0. The van der Waals surface area contributed by atoms with Gasteiger partial charge in [-0.05, 0) is 24.8 Å². The third kappa shape index (κ3) is 1.15. The Labute approximate surface area is 48.5 Å². The average molecular weight is 114 g/mol. The number of aliphatic hydroxyl groups is 2. The van der Waals surface area contributed by atoms with Crippen molar-refractivity contribution in [3.63, 3.8) is 0 Å². The summed E-state index contributed by atoms with van der Waals surface area (Å²) in [6, 6.07) is 0. The summed E-state index contributed by atoms with van der Waals surface area (Å²) >= 11 is 0. The predicted molar refractivity (Wildman–Crippen MR) is 30.7 cm³/mol. The van der Waals surface area contributed by atoms with E-state index in [9.17, 15) is 0 Å². The highest BCUT2D eigenvalue weighted by atomic mass is 16.5. The molecule has 0 heterocycles. The Bertz CT molecular complexity index is 99.1. The largest absolute Gasteiger partial charge is 0.481 e. The molecule has 46 valence electrons. The van der Waals surface area contributed by atoms with Gasteiger partial charge in [0.2, 0.25) is 0 Å². The lowest BCUT2D eigenvalue weighted by Crippen LogP contribution is -2.08. The first kappa shape index (κ1) is 5.48. The van der Waals surface area contributed by atoms with E-state index in [2.05, 4.69) is 0 Å². The molecular formula is C6H10O2. The number of hydrogen-bond acceptors (Lipinski definition) is 2. The minimum Gasteiger partial charge on any atom is -0.481 e. The summed E-state index contributed by atoms with van der Waals surface area (Å²) in [7, 11) is 0. The van der Waals surface area contributed by atoms with E-state index in [0.29, 0.717) is 5.92 Å². The third-order valence-corrected chi connectivity index (χ3v) is 1.53. The van der Waals surface area contributed by atoms with Crippen LogP contribution in [0.15, 0.2) is 12.0 Å². The summed E-state index contributed by atoms with van der Waals surface area (Å²) < 4.78 is 0. The molecule has 2 nitrogen and oxygen atoms in total. The second-order valence-corrected chi connectivity index (χ2v) is 2.22. The zero-order valence-corrected chi connectivity index (χ0v) is 4.67. The molecule has 0 unspecified atom stereocenters. The second kappa shape index (κ2) is 2.07. The van der Waals surface area contributed by atoms with Gasteiger partial charge in [-0.1, -0.05) is 6.42 Å². The van der Waals surface area contributed by atoms with Crippen molar-refractivity contribution in [1.29, 1.82) is 0 Å². The van der Waals surface area contributed by atoms with Crippen molar-refractivity contribution < 1.29 is 10.2 Å². The van der Waals surface area contributed by atoms with Crippen LogP contribution in [-0.4, -0.2) is 10.2 Å². The highest BCUT2D eigenvalue weighted by Crippen LogP contribution is 2.27. The molecule has 0 aliphatic heterocycles. The van der Waals surface area contributed by atoms with Crippen LogP contribution in [0, 0.1) is 5.92 Å². The summed E-state index contributed by atoms with van der Waals surface area (Å²) in [6.45, 7) is 0. The lowest BCUT2D eigenvalue weighted by atomic mass is 9.86. The second-order valence-electron chi connectivity index (χ2n) is 2.22. The molecule has 0 aromatic carbocycles. The van der Waals surface area contributed by atoms with E-state index in [1.165, 1.54) is 12.5 Å². The van der Waals surface area contributed by atoms with Gasteiger partial charge in [0.1, 0.15) is 0 Å². The van der Waals surface area contributed by atoms with Crippen molar-refractivity contribution >= 4 is 0 Å². The lowest BCUT2D eigenvalue weighted by molar-refractivity contribution is 0.181. The van der Waals surface area contributed by atoms with Crippen molar-refractivity contribution in [3.05, 3.63) is 12.0 Å². The van der Waals surface area contributed by atoms with Crippen LogP contribution in [0.3, 0.4) is 0 Å². The molecule has 0 aromatic heterocycles. The molecule has 0 aromatic rings. The Morgan fingerprint density at radius 3 is 2.12 bits per heavy atom. The molecule has 1 saturated carbocycles. The van der Waals surface area contributed by atoms with Gasteiger partial charge in [0.15, 0.2) is 0 Å². The van der Waals surface area contributed by atoms with Crippen LogP contribution in [-0.2, 0) is 0 Å². The average Bonchev–Trinajstić information content (AvgIpc) is 1.55. The first-order valence-electron chi connectivity index (χ1n) is 2.89. The third-order valence-electron chi connectivity index (χ3n) is 1.53. The number of hydrogen-bond donors (Lipinski definition) is 2. The fraction of sp³-hybridized carbons (Fsp3) is 0.667. The van der Waals surface area contributed by atoms with Crippen LogP contribution in [0.4, 0.5) is 0 Å². The van der Waals surface area contributed by atoms with Gasteiger partial charge < -0.3 is 10.2 Å². The monoisotopic (exact) mass is 114 g/mol. The standard InChI is InChI=1S/C6H10O2/c7-6(8)4-5-2-1-3-5/h4-5,7-8H,1-3H2. The molecule has 1 aliphatic carbocycles. The molecular weight excluding hydrogens is 104 g/mol. The zero-order valence-electron chi connectivity index (χ0n) is 4.67. The summed E-state index contributed by atoms with van der Waals surface area (Å²) in [6.07, 6.45) is 4.97. The zero-order chi connectivity index (χ0) is 5.98. The quantitative estimate of drug-likeness (QED) is 0.510. The Hall–Kier alpha value is -0.660. The Morgan fingerprint density at radius 1 is 1.38 bits per heavy atom. The molecule has 2 heteroatoms. The van der Waals surface area contributed by atoms with E-state index in [-0.39, 0.29) is 0 Å². The van der Waals surface area contributed by atoms with Crippen molar-refractivity contribution in [1.82, 2.24) is 0 Å². The number of rotatable bonds is 1. The lowest BCUT2D eigenvalue weighted by Gasteiger charge is -2.20. The molecule has 0 saturated heterocycles. The molecule has 0 atom stereocenters. The van der Waals surface area contributed by atoms with E-state index < -0.39 is 5.95 Å². The number of allylic oxidation sites excluding steroid dienone is 1. The predicted octanol–water partition coefficient (Wildman–Crippen LogP) is 1.74. The van der Waals surface area contributed by atoms with Gasteiger partial charge in [0.05, 0.1) is 0 Å². The molecule has 0 spiro atoms. The van der Waals surface area contributed by atoms with Crippen molar-refractivity contribution in [2.45, 2.75) is 19.3 Å². The SMILES string of the molecule is OC(O)=CC1CCC1. The van der Waals surface area contributed by atoms with Crippen LogP contribution in [0.25, 0.3) is 0 Å². The normalized spacial score (nSPS) is 19.5. The molecule has 1 fully saturated rings.